The van der Waals surface area contributed by atoms with E-state index in [1.165, 1.54) is 240 Å². The van der Waals surface area contributed by atoms with E-state index in [1.807, 2.05) is 0 Å². The Morgan fingerprint density at radius 3 is 0.875 bits per heavy atom. The van der Waals surface area contributed by atoms with Crippen molar-refractivity contribution in [3.05, 3.63) is 58.3 Å². The van der Waals surface area contributed by atoms with Crippen molar-refractivity contribution in [2.45, 2.75) is 246 Å². The number of hydrogen-bond acceptors (Lipinski definition) is 2. The van der Waals surface area contributed by atoms with E-state index in [-0.39, 0.29) is 0 Å². The highest BCUT2D eigenvalue weighted by Gasteiger charge is 2.26. The zero-order valence-electron chi connectivity index (χ0n) is 41.6. The summed E-state index contributed by atoms with van der Waals surface area (Å²) in [4.78, 5) is 0. The van der Waals surface area contributed by atoms with Gasteiger partial charge in [-0.3, -0.25) is 0 Å². The van der Waals surface area contributed by atoms with E-state index in [2.05, 4.69) is 97.5 Å². The van der Waals surface area contributed by atoms with E-state index < -0.39 is 0 Å². The van der Waals surface area contributed by atoms with Gasteiger partial charge in [0.2, 0.25) is 0 Å². The van der Waals surface area contributed by atoms with E-state index in [9.17, 15) is 0 Å². The number of rotatable bonds is 36. The lowest BCUT2D eigenvalue weighted by atomic mass is 9.88. The van der Waals surface area contributed by atoms with Crippen LogP contribution in [-0.4, -0.2) is 0 Å². The van der Waals surface area contributed by atoms with Gasteiger partial charge in [0.1, 0.15) is 0 Å². The molecule has 2 heteroatoms. The first-order chi connectivity index (χ1) is 31.7. The number of fused-ring (bicyclic) bond motifs is 8. The molecule has 0 bridgehead atoms. The van der Waals surface area contributed by atoms with Crippen molar-refractivity contribution in [3.8, 4) is 0 Å². The molecule has 0 radical (unpaired) electrons. The quantitative estimate of drug-likeness (QED) is 0.0272. The summed E-state index contributed by atoms with van der Waals surface area (Å²) < 4.78 is 3.13. The van der Waals surface area contributed by atoms with Crippen LogP contribution in [-0.2, 0) is 12.8 Å². The molecule has 64 heavy (non-hydrogen) atoms. The predicted molar refractivity (Wildman–Crippen MR) is 294 cm³/mol. The van der Waals surface area contributed by atoms with E-state index in [0.717, 1.165) is 11.8 Å². The van der Waals surface area contributed by atoms with Crippen LogP contribution in [0.2, 0.25) is 0 Å². The molecule has 0 saturated carbocycles. The molecule has 0 nitrogen and oxygen atoms in total. The SMILES string of the molecule is CCCCCCCCCCC(CCCCCCCC)Cc1csc2c1c1cccc3c1c2c1cccc2c4c(CC(CCCCCCCC)CCCCCCCCCC)csc4c3c21. The maximum Gasteiger partial charge on any atom is 0.0436 e. The van der Waals surface area contributed by atoms with Gasteiger partial charge in [0.15, 0.2) is 0 Å². The molecule has 0 aliphatic carbocycles. The molecular formula is C62H90S2. The van der Waals surface area contributed by atoms with Gasteiger partial charge in [-0.1, -0.05) is 270 Å². The molecule has 2 unspecified atom stereocenters. The lowest BCUT2D eigenvalue weighted by Gasteiger charge is -2.17. The first-order valence-corrected chi connectivity index (χ1v) is 29.7. The zero-order valence-corrected chi connectivity index (χ0v) is 43.3. The van der Waals surface area contributed by atoms with Crippen LogP contribution in [0.3, 0.4) is 0 Å². The molecule has 7 aromatic rings. The molecule has 350 valence electrons. The predicted octanol–water partition coefficient (Wildman–Crippen LogP) is 22.5. The van der Waals surface area contributed by atoms with Crippen LogP contribution in [0.5, 0.6) is 0 Å². The second-order valence-corrected chi connectivity index (χ2v) is 22.7. The summed E-state index contributed by atoms with van der Waals surface area (Å²) in [6.07, 6.45) is 47.7. The van der Waals surface area contributed by atoms with E-state index in [4.69, 9.17) is 0 Å². The standard InChI is InChI=1S/C62H90S2/c1-5-9-13-17-21-23-27-31-37-47(35-29-25-19-15-11-7-3)43-49-45-63-61-55(49)51-39-33-41-53-57(51)59(61)54-42-34-40-52-56-50(46-64-62(56)60(53)58(52)54)44-48(36-30-26-20-16-12-8-4)38-32-28-24-22-18-14-10-6-2/h33-34,39-42,45-48H,5-32,35-38,43-44H2,1-4H3. The number of unbranched alkanes of at least 4 members (excludes halogenated alkanes) is 24. The molecule has 2 atom stereocenters. The van der Waals surface area contributed by atoms with E-state index in [0.29, 0.717) is 0 Å². The lowest BCUT2D eigenvalue weighted by Crippen LogP contribution is -2.05. The smallest absolute Gasteiger partial charge is 0.0436 e. The zero-order chi connectivity index (χ0) is 44.4. The van der Waals surface area contributed by atoms with Gasteiger partial charge in [-0.2, -0.15) is 0 Å². The van der Waals surface area contributed by atoms with Crippen LogP contribution >= 0.6 is 22.7 Å². The molecule has 0 fully saturated rings. The number of benzene rings is 3. The van der Waals surface area contributed by atoms with E-state index in [1.54, 1.807) is 52.8 Å². The maximum absolute atomic E-state index is 2.60. The van der Waals surface area contributed by atoms with Gasteiger partial charge in [0.05, 0.1) is 0 Å². The summed E-state index contributed by atoms with van der Waals surface area (Å²) in [7, 11) is 0. The minimum absolute atomic E-state index is 0.804. The molecule has 0 aliphatic rings. The lowest BCUT2D eigenvalue weighted by molar-refractivity contribution is 0.401. The molecule has 0 spiro atoms. The third-order valence-electron chi connectivity index (χ3n) is 15.8. The van der Waals surface area contributed by atoms with Crippen molar-refractivity contribution in [2.75, 3.05) is 0 Å². The number of thiophene rings is 2. The fourth-order valence-corrected chi connectivity index (χ4v) is 14.5. The summed E-state index contributed by atoms with van der Waals surface area (Å²) in [5.74, 6) is 1.61. The Morgan fingerprint density at radius 2 is 0.578 bits per heavy atom. The molecule has 2 heterocycles. The Balaban J connectivity index is 1.15. The van der Waals surface area contributed by atoms with Gasteiger partial charge in [-0.05, 0) is 78.9 Å². The van der Waals surface area contributed by atoms with Crippen LogP contribution in [0, 0.1) is 11.8 Å². The minimum atomic E-state index is 0.804. The molecule has 0 N–H and O–H groups in total. The maximum atomic E-state index is 2.60. The van der Waals surface area contributed by atoms with Crippen molar-refractivity contribution in [1.29, 1.82) is 0 Å². The fraction of sp³-hybridized carbons (Fsp3) is 0.645. The van der Waals surface area contributed by atoms with Gasteiger partial charge in [0.25, 0.3) is 0 Å². The van der Waals surface area contributed by atoms with E-state index >= 15 is 0 Å². The molecule has 0 amide bonds. The Bertz CT molecular complexity index is 2170. The van der Waals surface area contributed by atoms with Crippen molar-refractivity contribution >= 4 is 85.9 Å². The van der Waals surface area contributed by atoms with Crippen molar-refractivity contribution in [1.82, 2.24) is 0 Å². The third kappa shape index (κ3) is 12.6. The number of hydrogen-bond donors (Lipinski definition) is 0. The topological polar surface area (TPSA) is 0 Å². The summed E-state index contributed by atoms with van der Waals surface area (Å²) in [5, 5.41) is 20.7. The van der Waals surface area contributed by atoms with Crippen LogP contribution < -0.4 is 0 Å². The first kappa shape index (κ1) is 49.5. The van der Waals surface area contributed by atoms with Crippen molar-refractivity contribution in [3.63, 3.8) is 0 Å². The fourth-order valence-electron chi connectivity index (χ4n) is 12.1. The van der Waals surface area contributed by atoms with Crippen molar-refractivity contribution < 1.29 is 0 Å². The average Bonchev–Trinajstić information content (AvgIpc) is 4.08. The summed E-state index contributed by atoms with van der Waals surface area (Å²) >= 11 is 4.13. The Hall–Kier alpha value is -2.42. The monoisotopic (exact) mass is 899 g/mol. The summed E-state index contributed by atoms with van der Waals surface area (Å²) in [5.41, 5.74) is 3.29. The Morgan fingerprint density at radius 1 is 0.312 bits per heavy atom. The highest BCUT2D eigenvalue weighted by molar-refractivity contribution is 7.19. The normalized spacial score (nSPS) is 13.4. The minimum Gasteiger partial charge on any atom is -0.143 e. The largest absolute Gasteiger partial charge is 0.143 e. The molecule has 0 aliphatic heterocycles. The molecule has 7 rings (SSSR count). The van der Waals surface area contributed by atoms with Crippen LogP contribution in [0.25, 0.3) is 63.3 Å². The van der Waals surface area contributed by atoms with Gasteiger partial charge in [-0.25, -0.2) is 0 Å². The third-order valence-corrected chi connectivity index (χ3v) is 17.9. The van der Waals surface area contributed by atoms with Crippen LogP contribution in [0.4, 0.5) is 0 Å². The summed E-state index contributed by atoms with van der Waals surface area (Å²) in [6, 6.07) is 14.8. The molecule has 0 saturated heterocycles. The van der Waals surface area contributed by atoms with Crippen LogP contribution in [0.1, 0.15) is 244 Å². The second kappa shape index (κ2) is 26.8. The highest BCUT2D eigenvalue weighted by atomic mass is 32.1. The van der Waals surface area contributed by atoms with Gasteiger partial charge >= 0.3 is 0 Å². The molecule has 5 aromatic carbocycles. The molecular weight excluding hydrogens is 809 g/mol. The average molecular weight is 900 g/mol. The van der Waals surface area contributed by atoms with Gasteiger partial charge in [0, 0.05) is 30.9 Å². The van der Waals surface area contributed by atoms with Gasteiger partial charge < -0.3 is 0 Å². The van der Waals surface area contributed by atoms with Crippen LogP contribution in [0.15, 0.2) is 47.2 Å². The Kier molecular flexibility index (Phi) is 20.7. The molecule has 2 aromatic heterocycles. The Labute approximate surface area is 399 Å². The second-order valence-electron chi connectivity index (χ2n) is 20.9. The first-order valence-electron chi connectivity index (χ1n) is 27.9. The highest BCUT2D eigenvalue weighted by Crippen LogP contribution is 2.54. The van der Waals surface area contributed by atoms with Gasteiger partial charge in [-0.15, -0.1) is 22.7 Å². The van der Waals surface area contributed by atoms with Crippen molar-refractivity contribution in [2.24, 2.45) is 11.8 Å². The summed E-state index contributed by atoms with van der Waals surface area (Å²) in [6.45, 7) is 9.35.